The average molecular weight is 509 g/mol. The predicted molar refractivity (Wildman–Crippen MR) is 90.9 cm³/mol. The van der Waals surface area contributed by atoms with Gasteiger partial charge in [0.15, 0.2) is 0 Å². The molecule has 2 aromatic carbocycles. The Morgan fingerprint density at radius 3 is 2.28 bits per heavy atom. The summed E-state index contributed by atoms with van der Waals surface area (Å²) in [5.41, 5.74) is 1.61. The molecule has 0 amide bonds. The Bertz CT molecular complexity index is 853. The molecule has 4 aromatic rings. The summed E-state index contributed by atoms with van der Waals surface area (Å²) in [5, 5.41) is 9.79. The molecule has 0 fully saturated rings. The van der Waals surface area contributed by atoms with Gasteiger partial charge in [-0.2, -0.15) is 30.3 Å². The van der Waals surface area contributed by atoms with Gasteiger partial charge in [-0.25, -0.2) is 0 Å². The summed E-state index contributed by atoms with van der Waals surface area (Å²) in [6.07, 6.45) is 10.3. The number of aromatic hydroxyl groups is 1. The van der Waals surface area contributed by atoms with Crippen LogP contribution in [0, 0.1) is 12.4 Å². The van der Waals surface area contributed by atoms with Crippen LogP contribution in [0.4, 0.5) is 0 Å². The summed E-state index contributed by atoms with van der Waals surface area (Å²) >= 11 is 0. The number of para-hydroxylation sites is 3. The molecule has 0 radical (unpaired) electrons. The summed E-state index contributed by atoms with van der Waals surface area (Å²) in [7, 11) is 0. The van der Waals surface area contributed by atoms with Crippen molar-refractivity contribution in [1.29, 1.82) is 0 Å². The molecule has 0 atom stereocenters. The predicted octanol–water partition coefficient (Wildman–Crippen LogP) is 3.14. The van der Waals surface area contributed by atoms with Gasteiger partial charge in [-0.1, -0.05) is 18.2 Å². The van der Waals surface area contributed by atoms with Gasteiger partial charge in [-0.05, 0) is 30.0 Å². The number of imidazole rings is 1. The van der Waals surface area contributed by atoms with Crippen molar-refractivity contribution in [2.24, 2.45) is 0 Å². The van der Waals surface area contributed by atoms with Crippen LogP contribution in [0.25, 0.3) is 11.4 Å². The normalized spacial score (nSPS) is 9.44. The fourth-order valence-electron chi connectivity index (χ4n) is 2.10. The second-order valence-electron chi connectivity index (χ2n) is 4.90. The minimum absolute atomic E-state index is 0. The number of phenolic OH excluding ortho intramolecular Hbond substituents is 1. The van der Waals surface area contributed by atoms with Gasteiger partial charge < -0.3 is 9.67 Å². The van der Waals surface area contributed by atoms with Gasteiger partial charge in [-0.15, -0.1) is 0 Å². The van der Waals surface area contributed by atoms with Gasteiger partial charge in [0.05, 0.1) is 0 Å². The molecular weight excluding hydrogens is 493 g/mol. The Balaban J connectivity index is 0.000000275. The number of hydrogen-bond donors (Lipinski definition) is 1. The molecule has 0 aliphatic rings. The molecule has 2 heterocycles. The number of phenols is 1. The first kappa shape index (κ1) is 18.6. The summed E-state index contributed by atoms with van der Waals surface area (Å²) in [5.74, 6) is 0.230. The topological polar surface area (TPSA) is 41.9 Å². The largest absolute Gasteiger partial charge is 2.00 e. The summed E-state index contributed by atoms with van der Waals surface area (Å²) in [6, 6.07) is 23.7. The Morgan fingerprint density at radius 1 is 0.920 bits per heavy atom. The Hall–Kier alpha value is -2.71. The van der Waals surface area contributed by atoms with Crippen molar-refractivity contribution < 1.29 is 30.7 Å². The molecule has 0 aliphatic carbocycles. The maximum absolute atomic E-state index is 9.79. The van der Waals surface area contributed by atoms with Crippen LogP contribution in [0.15, 0.2) is 91.5 Å². The van der Waals surface area contributed by atoms with Crippen LogP contribution in [0.2, 0.25) is 0 Å². The van der Waals surface area contributed by atoms with Crippen molar-refractivity contribution in [3.8, 4) is 17.1 Å². The van der Waals surface area contributed by atoms with Crippen molar-refractivity contribution in [2.45, 2.75) is 0 Å². The molecule has 2 aromatic heterocycles. The molecule has 0 unspecified atom stereocenters. The van der Waals surface area contributed by atoms with Crippen LogP contribution in [0.5, 0.6) is 5.75 Å². The van der Waals surface area contributed by atoms with Crippen molar-refractivity contribution in [2.75, 3.05) is 0 Å². The number of pyridine rings is 1. The van der Waals surface area contributed by atoms with E-state index in [0.29, 0.717) is 5.69 Å². The van der Waals surface area contributed by atoms with Crippen LogP contribution in [0.3, 0.4) is 0 Å². The van der Waals surface area contributed by atoms with E-state index < -0.39 is 0 Å². The van der Waals surface area contributed by atoms with E-state index in [4.69, 9.17) is 0 Å². The Labute approximate surface area is 161 Å². The third-order valence-electron chi connectivity index (χ3n) is 3.24. The van der Waals surface area contributed by atoms with Gasteiger partial charge in [0.1, 0.15) is 11.4 Å². The molecule has 25 heavy (non-hydrogen) atoms. The molecule has 0 saturated carbocycles. The van der Waals surface area contributed by atoms with E-state index in [0.717, 1.165) is 5.69 Å². The zero-order valence-electron chi connectivity index (χ0n) is 13.3. The smallest absolute Gasteiger partial charge is 0.511 e. The molecule has 1 N–H and O–H groups in total. The van der Waals surface area contributed by atoms with Crippen molar-refractivity contribution in [1.82, 2.24) is 9.55 Å². The summed E-state index contributed by atoms with van der Waals surface area (Å²) < 4.78 is 3.57. The number of hydrogen-bond acceptors (Lipinski definition) is 2. The molecule has 5 heteroatoms. The van der Waals surface area contributed by atoms with Gasteiger partial charge >= 0.3 is 21.1 Å². The molecule has 0 saturated heterocycles. The van der Waals surface area contributed by atoms with Gasteiger partial charge in [0.25, 0.3) is 6.33 Å². The molecular formula is C20H16N3OPt+. The molecule has 0 bridgehead atoms. The van der Waals surface area contributed by atoms with E-state index in [1.165, 1.54) is 0 Å². The maximum atomic E-state index is 9.79. The quantitative estimate of drug-likeness (QED) is 0.334. The van der Waals surface area contributed by atoms with Crippen LogP contribution in [0.1, 0.15) is 0 Å². The zero-order valence-corrected chi connectivity index (χ0v) is 15.5. The minimum Gasteiger partial charge on any atom is -0.511 e. The van der Waals surface area contributed by atoms with E-state index in [2.05, 4.69) is 17.4 Å². The third-order valence-corrected chi connectivity index (χ3v) is 3.24. The number of nitrogens with zero attached hydrogens (tertiary/aromatic N) is 3. The fourth-order valence-corrected chi connectivity index (χ4v) is 2.10. The number of aromatic nitrogens is 3. The first-order valence-electron chi connectivity index (χ1n) is 7.47. The summed E-state index contributed by atoms with van der Waals surface area (Å²) in [6.45, 7) is 0. The third kappa shape index (κ3) is 5.13. The summed E-state index contributed by atoms with van der Waals surface area (Å²) in [4.78, 5) is 3.78. The van der Waals surface area contributed by atoms with Crippen molar-refractivity contribution in [3.05, 3.63) is 104 Å². The van der Waals surface area contributed by atoms with E-state index >= 15 is 0 Å². The van der Waals surface area contributed by atoms with Crippen LogP contribution >= 0.6 is 0 Å². The SMILES string of the molecule is Oc1ccccc1-[n+]1[c-]n(-c2[c-]cccc2)cc1.[Pt+2].c1ccncc1. The monoisotopic (exact) mass is 509 g/mol. The van der Waals surface area contributed by atoms with E-state index in [1.54, 1.807) is 29.1 Å². The van der Waals surface area contributed by atoms with Crippen molar-refractivity contribution in [3.63, 3.8) is 0 Å². The molecule has 126 valence electrons. The standard InChI is InChI=1S/C15H11N2O.C5H5N.Pt/c18-15-9-5-4-8-14(15)17-11-10-16(12-17)13-6-2-1-3-7-13;1-2-4-6-5-3-1;/h1-6,8-11,18H;1-5H;/q-1;;+2. The second kappa shape index (κ2) is 9.55. The van der Waals surface area contributed by atoms with Crippen LogP contribution in [-0.4, -0.2) is 14.7 Å². The van der Waals surface area contributed by atoms with Gasteiger partial charge in [-0.3, -0.25) is 9.55 Å². The van der Waals surface area contributed by atoms with Gasteiger partial charge in [0.2, 0.25) is 0 Å². The van der Waals surface area contributed by atoms with Crippen LogP contribution < -0.4 is 4.57 Å². The molecule has 4 rings (SSSR count). The zero-order chi connectivity index (χ0) is 16.6. The Morgan fingerprint density at radius 2 is 1.68 bits per heavy atom. The first-order chi connectivity index (χ1) is 11.8. The molecule has 4 nitrogen and oxygen atoms in total. The maximum Gasteiger partial charge on any atom is 2.00 e. The average Bonchev–Trinajstić information content (AvgIpc) is 3.15. The molecule has 0 aliphatic heterocycles. The van der Waals surface area contributed by atoms with E-state index in [9.17, 15) is 5.11 Å². The van der Waals surface area contributed by atoms with Crippen LogP contribution in [-0.2, 0) is 21.1 Å². The fraction of sp³-hybridized carbons (Fsp3) is 0. The number of rotatable bonds is 2. The van der Waals surface area contributed by atoms with E-state index in [-0.39, 0.29) is 26.8 Å². The van der Waals surface area contributed by atoms with Crippen molar-refractivity contribution >= 4 is 0 Å². The van der Waals surface area contributed by atoms with E-state index in [1.807, 2.05) is 71.6 Å². The second-order valence-corrected chi connectivity index (χ2v) is 4.90. The minimum atomic E-state index is 0. The first-order valence-corrected chi connectivity index (χ1v) is 7.47. The van der Waals surface area contributed by atoms with Gasteiger partial charge in [0, 0.05) is 24.8 Å². The molecule has 0 spiro atoms. The Kier molecular flexibility index (Phi) is 7.12. The number of benzene rings is 2.